The standard InChI is InChI=1S/C12H21N5O/c1-8(2)5-15-12(18)9(3)16-11-7-14-6-10(13-4)17-11/h6-9H,5H2,1-4H3,(H,15,18)(H2,13,16,17). The molecule has 0 aliphatic carbocycles. The van der Waals surface area contributed by atoms with E-state index in [0.717, 1.165) is 0 Å². The highest BCUT2D eigenvalue weighted by molar-refractivity contribution is 5.83. The molecule has 1 atom stereocenters. The molecule has 0 radical (unpaired) electrons. The number of anilines is 2. The first kappa shape index (κ1) is 14.2. The van der Waals surface area contributed by atoms with Crippen molar-refractivity contribution in [1.29, 1.82) is 0 Å². The van der Waals surface area contributed by atoms with Crippen LogP contribution in [0.4, 0.5) is 11.6 Å². The number of nitrogens with zero attached hydrogens (tertiary/aromatic N) is 2. The van der Waals surface area contributed by atoms with Gasteiger partial charge in [0.15, 0.2) is 0 Å². The highest BCUT2D eigenvalue weighted by Gasteiger charge is 2.13. The van der Waals surface area contributed by atoms with E-state index in [1.165, 1.54) is 0 Å². The van der Waals surface area contributed by atoms with Crippen molar-refractivity contribution in [2.45, 2.75) is 26.8 Å². The van der Waals surface area contributed by atoms with Crippen LogP contribution >= 0.6 is 0 Å². The average Bonchev–Trinajstić information content (AvgIpc) is 2.36. The zero-order valence-corrected chi connectivity index (χ0v) is 11.3. The zero-order chi connectivity index (χ0) is 13.5. The predicted molar refractivity (Wildman–Crippen MR) is 72.5 cm³/mol. The van der Waals surface area contributed by atoms with E-state index in [2.05, 4.69) is 39.8 Å². The molecule has 0 bridgehead atoms. The number of nitrogens with one attached hydrogen (secondary N) is 3. The van der Waals surface area contributed by atoms with Gasteiger partial charge in [-0.1, -0.05) is 13.8 Å². The third-order valence-corrected chi connectivity index (χ3v) is 2.33. The van der Waals surface area contributed by atoms with Crippen LogP contribution in [0, 0.1) is 5.92 Å². The Morgan fingerprint density at radius 1 is 1.28 bits per heavy atom. The van der Waals surface area contributed by atoms with Crippen LogP contribution in [0.1, 0.15) is 20.8 Å². The molecule has 1 aromatic rings. The largest absolute Gasteiger partial charge is 0.372 e. The molecule has 6 heteroatoms. The maximum Gasteiger partial charge on any atom is 0.242 e. The van der Waals surface area contributed by atoms with Crippen LogP contribution in [0.2, 0.25) is 0 Å². The molecule has 100 valence electrons. The molecule has 6 nitrogen and oxygen atoms in total. The molecule has 0 spiro atoms. The van der Waals surface area contributed by atoms with E-state index in [9.17, 15) is 4.79 Å². The number of carbonyl (C=O) groups excluding carboxylic acids is 1. The normalized spacial score (nSPS) is 12.1. The van der Waals surface area contributed by atoms with E-state index >= 15 is 0 Å². The summed E-state index contributed by atoms with van der Waals surface area (Å²) in [5.74, 6) is 1.64. The van der Waals surface area contributed by atoms with Gasteiger partial charge in [0.2, 0.25) is 5.91 Å². The zero-order valence-electron chi connectivity index (χ0n) is 11.3. The fourth-order valence-electron chi connectivity index (χ4n) is 1.30. The minimum absolute atomic E-state index is 0.0413. The van der Waals surface area contributed by atoms with Gasteiger partial charge in [0.1, 0.15) is 17.7 Å². The molecule has 0 saturated carbocycles. The van der Waals surface area contributed by atoms with Gasteiger partial charge in [-0.05, 0) is 12.8 Å². The van der Waals surface area contributed by atoms with E-state index < -0.39 is 0 Å². The molecular formula is C12H21N5O. The van der Waals surface area contributed by atoms with Crippen LogP contribution in [0.15, 0.2) is 12.4 Å². The average molecular weight is 251 g/mol. The Bertz CT molecular complexity index is 394. The Morgan fingerprint density at radius 3 is 2.56 bits per heavy atom. The molecular weight excluding hydrogens is 230 g/mol. The minimum Gasteiger partial charge on any atom is -0.372 e. The lowest BCUT2D eigenvalue weighted by atomic mass is 10.2. The molecule has 1 amide bonds. The summed E-state index contributed by atoms with van der Waals surface area (Å²) < 4.78 is 0. The van der Waals surface area contributed by atoms with Gasteiger partial charge in [-0.15, -0.1) is 0 Å². The van der Waals surface area contributed by atoms with Crippen molar-refractivity contribution < 1.29 is 4.79 Å². The lowest BCUT2D eigenvalue weighted by Gasteiger charge is -2.15. The molecule has 1 aromatic heterocycles. The Hall–Kier alpha value is -1.85. The fourth-order valence-corrected chi connectivity index (χ4v) is 1.30. The van der Waals surface area contributed by atoms with Gasteiger partial charge in [0, 0.05) is 13.6 Å². The molecule has 0 aromatic carbocycles. The second-order valence-corrected chi connectivity index (χ2v) is 4.54. The number of hydrogen-bond donors (Lipinski definition) is 3. The van der Waals surface area contributed by atoms with Crippen LogP contribution in [0.3, 0.4) is 0 Å². The Kier molecular flexibility index (Phi) is 5.35. The van der Waals surface area contributed by atoms with Crippen LogP contribution in [0.5, 0.6) is 0 Å². The van der Waals surface area contributed by atoms with Gasteiger partial charge in [-0.3, -0.25) is 9.78 Å². The van der Waals surface area contributed by atoms with Gasteiger partial charge in [-0.25, -0.2) is 4.98 Å². The van der Waals surface area contributed by atoms with Gasteiger partial charge in [0.25, 0.3) is 0 Å². The van der Waals surface area contributed by atoms with E-state index in [1.54, 1.807) is 26.4 Å². The Morgan fingerprint density at radius 2 is 1.94 bits per heavy atom. The van der Waals surface area contributed by atoms with Crippen LogP contribution in [-0.2, 0) is 4.79 Å². The molecule has 1 unspecified atom stereocenters. The summed E-state index contributed by atoms with van der Waals surface area (Å²) in [6.45, 7) is 6.58. The molecule has 1 heterocycles. The fraction of sp³-hybridized carbons (Fsp3) is 0.583. The lowest BCUT2D eigenvalue weighted by molar-refractivity contribution is -0.121. The monoisotopic (exact) mass is 251 g/mol. The molecule has 1 rings (SSSR count). The molecule has 0 fully saturated rings. The SMILES string of the molecule is CNc1cncc(NC(C)C(=O)NCC(C)C)n1. The third-order valence-electron chi connectivity index (χ3n) is 2.33. The first-order chi connectivity index (χ1) is 8.52. The van der Waals surface area contributed by atoms with Crippen molar-refractivity contribution in [3.05, 3.63) is 12.4 Å². The molecule has 18 heavy (non-hydrogen) atoms. The summed E-state index contributed by atoms with van der Waals surface area (Å²) in [6, 6.07) is -0.342. The first-order valence-corrected chi connectivity index (χ1v) is 6.07. The van der Waals surface area contributed by atoms with E-state index in [1.807, 2.05) is 0 Å². The van der Waals surface area contributed by atoms with Gasteiger partial charge >= 0.3 is 0 Å². The van der Waals surface area contributed by atoms with Gasteiger partial charge in [0.05, 0.1) is 12.4 Å². The van der Waals surface area contributed by atoms with Crippen LogP contribution in [-0.4, -0.2) is 35.5 Å². The van der Waals surface area contributed by atoms with Crippen LogP contribution < -0.4 is 16.0 Å². The smallest absolute Gasteiger partial charge is 0.242 e. The summed E-state index contributed by atoms with van der Waals surface area (Å²) in [6.07, 6.45) is 3.21. The Balaban J connectivity index is 2.52. The molecule has 0 aliphatic rings. The van der Waals surface area contributed by atoms with Crippen molar-refractivity contribution in [2.75, 3.05) is 24.2 Å². The Labute approximate surface area is 108 Å². The summed E-state index contributed by atoms with van der Waals surface area (Å²) in [4.78, 5) is 20.0. The van der Waals surface area contributed by atoms with Gasteiger partial charge in [-0.2, -0.15) is 0 Å². The van der Waals surface area contributed by atoms with Crippen molar-refractivity contribution in [1.82, 2.24) is 15.3 Å². The predicted octanol–water partition coefficient (Wildman–Crippen LogP) is 1.09. The van der Waals surface area contributed by atoms with E-state index in [-0.39, 0.29) is 11.9 Å². The number of rotatable bonds is 6. The number of hydrogen-bond acceptors (Lipinski definition) is 5. The number of aromatic nitrogens is 2. The third kappa shape index (κ3) is 4.57. The quantitative estimate of drug-likeness (QED) is 0.705. The first-order valence-electron chi connectivity index (χ1n) is 6.07. The number of carbonyl (C=O) groups is 1. The lowest BCUT2D eigenvalue weighted by Crippen LogP contribution is -2.39. The highest BCUT2D eigenvalue weighted by atomic mass is 16.2. The van der Waals surface area contributed by atoms with Crippen molar-refractivity contribution >= 4 is 17.5 Å². The van der Waals surface area contributed by atoms with Crippen molar-refractivity contribution in [3.8, 4) is 0 Å². The second kappa shape index (κ2) is 6.78. The highest BCUT2D eigenvalue weighted by Crippen LogP contribution is 2.07. The molecule has 0 aliphatic heterocycles. The number of amides is 1. The summed E-state index contributed by atoms with van der Waals surface area (Å²) in [7, 11) is 1.77. The van der Waals surface area contributed by atoms with E-state index in [0.29, 0.717) is 24.1 Å². The summed E-state index contributed by atoms with van der Waals surface area (Å²) in [5.41, 5.74) is 0. The second-order valence-electron chi connectivity index (χ2n) is 4.54. The summed E-state index contributed by atoms with van der Waals surface area (Å²) in [5, 5.41) is 8.78. The van der Waals surface area contributed by atoms with E-state index in [4.69, 9.17) is 0 Å². The van der Waals surface area contributed by atoms with Crippen molar-refractivity contribution in [3.63, 3.8) is 0 Å². The van der Waals surface area contributed by atoms with Crippen LogP contribution in [0.25, 0.3) is 0 Å². The minimum atomic E-state index is -0.342. The topological polar surface area (TPSA) is 78.9 Å². The molecule has 0 saturated heterocycles. The maximum atomic E-state index is 11.8. The maximum absolute atomic E-state index is 11.8. The van der Waals surface area contributed by atoms with Crippen molar-refractivity contribution in [2.24, 2.45) is 5.92 Å². The van der Waals surface area contributed by atoms with Gasteiger partial charge < -0.3 is 16.0 Å². The summed E-state index contributed by atoms with van der Waals surface area (Å²) >= 11 is 0. The molecule has 3 N–H and O–H groups in total.